The van der Waals surface area contributed by atoms with E-state index in [0.717, 1.165) is 71.6 Å². The van der Waals surface area contributed by atoms with Crippen molar-refractivity contribution in [3.63, 3.8) is 0 Å². The Labute approximate surface area is 235 Å². The number of piperidine rings is 1. The number of carbonyl (C=O) groups is 2. The smallest absolute Gasteiger partial charge is 0.250 e. The third kappa shape index (κ3) is 6.54. The highest BCUT2D eigenvalue weighted by Gasteiger charge is 2.36. The van der Waals surface area contributed by atoms with Gasteiger partial charge in [-0.25, -0.2) is 8.42 Å². The Morgan fingerprint density at radius 1 is 1.00 bits per heavy atom. The number of hydrogen-bond acceptors (Lipinski definition) is 8. The number of rotatable bonds is 8. The van der Waals surface area contributed by atoms with E-state index in [-0.39, 0.29) is 28.6 Å². The van der Waals surface area contributed by atoms with Crippen LogP contribution < -0.4 is 4.72 Å². The van der Waals surface area contributed by atoms with Gasteiger partial charge >= 0.3 is 0 Å². The van der Waals surface area contributed by atoms with Crippen LogP contribution in [0.5, 0.6) is 0 Å². The molecule has 0 spiro atoms. The van der Waals surface area contributed by atoms with Crippen LogP contribution >= 0.6 is 46.0 Å². The minimum Gasteiger partial charge on any atom is -0.337 e. The molecule has 3 fully saturated rings. The van der Waals surface area contributed by atoms with Crippen molar-refractivity contribution in [1.82, 2.24) is 19.4 Å². The van der Waals surface area contributed by atoms with Crippen molar-refractivity contribution >= 4 is 67.9 Å². The van der Waals surface area contributed by atoms with Gasteiger partial charge < -0.3 is 9.80 Å². The van der Waals surface area contributed by atoms with Crippen LogP contribution in [-0.4, -0.2) is 97.8 Å². The fourth-order valence-corrected chi connectivity index (χ4v) is 9.84. The summed E-state index contributed by atoms with van der Waals surface area (Å²) in [6.45, 7) is 4.20. The topological polar surface area (TPSA) is 90.0 Å². The van der Waals surface area contributed by atoms with Gasteiger partial charge in [0, 0.05) is 60.0 Å². The second-order valence-corrected chi connectivity index (χ2v) is 15.6. The van der Waals surface area contributed by atoms with E-state index >= 15 is 0 Å². The SMILES string of the molecule is O=C1C(NS(=O)(=O)c2ccc(-c3ccc(Cl)s3)s2)CCCN1CC(=O)N1CCCC1CN1CCSCC1. The van der Waals surface area contributed by atoms with Crippen molar-refractivity contribution in [3.05, 3.63) is 28.6 Å². The molecule has 0 bridgehead atoms. The Kier molecular flexibility index (Phi) is 8.84. The van der Waals surface area contributed by atoms with Gasteiger partial charge in [-0.15, -0.1) is 22.7 Å². The van der Waals surface area contributed by atoms with Gasteiger partial charge in [-0.1, -0.05) is 11.6 Å². The first kappa shape index (κ1) is 27.4. The zero-order chi connectivity index (χ0) is 26.0. The van der Waals surface area contributed by atoms with Gasteiger partial charge in [-0.3, -0.25) is 14.5 Å². The number of hydrogen-bond donors (Lipinski definition) is 1. The van der Waals surface area contributed by atoms with E-state index in [4.69, 9.17) is 11.6 Å². The van der Waals surface area contributed by atoms with Gasteiger partial charge in [0.2, 0.25) is 11.8 Å². The molecular formula is C24H31ClN4O4S4. The van der Waals surface area contributed by atoms with Gasteiger partial charge in [0.1, 0.15) is 10.3 Å². The molecule has 3 aliphatic rings. The van der Waals surface area contributed by atoms with Crippen molar-refractivity contribution in [2.24, 2.45) is 0 Å². The number of halogens is 1. The average Bonchev–Trinajstić information content (AvgIpc) is 3.63. The fraction of sp³-hybridized carbons (Fsp3) is 0.583. The number of thioether (sulfide) groups is 1. The highest BCUT2D eigenvalue weighted by molar-refractivity contribution is 7.99. The Hall–Kier alpha value is -1.15. The molecule has 0 aromatic carbocycles. The maximum absolute atomic E-state index is 13.2. The van der Waals surface area contributed by atoms with E-state index in [0.29, 0.717) is 23.7 Å². The minimum atomic E-state index is -3.88. The zero-order valence-electron chi connectivity index (χ0n) is 20.4. The molecular weight excluding hydrogens is 572 g/mol. The van der Waals surface area contributed by atoms with E-state index in [9.17, 15) is 18.0 Å². The van der Waals surface area contributed by atoms with Crippen LogP contribution in [0, 0.1) is 0 Å². The summed E-state index contributed by atoms with van der Waals surface area (Å²) in [4.78, 5) is 34.1. The number of amides is 2. The molecule has 13 heteroatoms. The van der Waals surface area contributed by atoms with Crippen LogP contribution in [0.3, 0.4) is 0 Å². The first-order chi connectivity index (χ1) is 17.8. The number of sulfonamides is 1. The molecule has 0 saturated carbocycles. The lowest BCUT2D eigenvalue weighted by Crippen LogP contribution is -2.55. The molecule has 2 aromatic rings. The number of thiophene rings is 2. The maximum atomic E-state index is 13.2. The molecule has 0 aliphatic carbocycles. The highest BCUT2D eigenvalue weighted by Crippen LogP contribution is 2.37. The summed E-state index contributed by atoms with van der Waals surface area (Å²) in [5.41, 5.74) is 0. The maximum Gasteiger partial charge on any atom is 0.250 e. The number of carbonyl (C=O) groups excluding carboxylic acids is 2. The predicted molar refractivity (Wildman–Crippen MR) is 151 cm³/mol. The van der Waals surface area contributed by atoms with Crippen molar-refractivity contribution in [1.29, 1.82) is 0 Å². The van der Waals surface area contributed by atoms with Gasteiger partial charge in [0.15, 0.2) is 0 Å². The normalized spacial score (nSPS) is 23.6. The van der Waals surface area contributed by atoms with E-state index in [1.807, 2.05) is 22.7 Å². The Morgan fingerprint density at radius 3 is 2.49 bits per heavy atom. The standard InChI is InChI=1S/C24H31ClN4O4S4/c25-21-7-5-19(35-21)20-6-8-23(36-20)37(32,33)26-18-4-2-9-28(24(18)31)16-22(30)29-10-1-3-17(29)15-27-11-13-34-14-12-27/h5-8,17-18,26H,1-4,9-16H2. The molecule has 5 rings (SSSR count). The second-order valence-electron chi connectivity index (χ2n) is 9.59. The molecule has 202 valence electrons. The molecule has 3 saturated heterocycles. The predicted octanol–water partition coefficient (Wildman–Crippen LogP) is 3.44. The average molecular weight is 603 g/mol. The summed E-state index contributed by atoms with van der Waals surface area (Å²) in [5.74, 6) is 1.90. The molecule has 2 aromatic heterocycles. The van der Waals surface area contributed by atoms with Gasteiger partial charge in [0.05, 0.1) is 10.9 Å². The molecule has 0 radical (unpaired) electrons. The summed E-state index contributed by atoms with van der Waals surface area (Å²) < 4.78 is 29.6. The number of nitrogens with zero attached hydrogens (tertiary/aromatic N) is 3. The molecule has 5 heterocycles. The monoisotopic (exact) mass is 602 g/mol. The molecule has 2 unspecified atom stereocenters. The molecule has 3 aliphatic heterocycles. The first-order valence-electron chi connectivity index (χ1n) is 12.6. The van der Waals surface area contributed by atoms with Crippen molar-refractivity contribution < 1.29 is 18.0 Å². The van der Waals surface area contributed by atoms with Gasteiger partial charge in [-0.05, 0) is 49.9 Å². The van der Waals surface area contributed by atoms with Crippen molar-refractivity contribution in [2.45, 2.75) is 42.0 Å². The summed E-state index contributed by atoms with van der Waals surface area (Å²) in [6.07, 6.45) is 3.04. The number of likely N-dealkylation sites (tertiary alicyclic amines) is 2. The van der Waals surface area contributed by atoms with E-state index in [1.165, 1.54) is 16.2 Å². The summed E-state index contributed by atoms with van der Waals surface area (Å²) in [6, 6.07) is 6.27. The van der Waals surface area contributed by atoms with Crippen LogP contribution in [0.25, 0.3) is 9.75 Å². The van der Waals surface area contributed by atoms with Crippen LogP contribution in [0.2, 0.25) is 4.34 Å². The van der Waals surface area contributed by atoms with Crippen molar-refractivity contribution in [2.75, 3.05) is 50.8 Å². The van der Waals surface area contributed by atoms with Crippen LogP contribution in [0.15, 0.2) is 28.5 Å². The third-order valence-corrected chi connectivity index (χ3v) is 12.5. The van der Waals surface area contributed by atoms with Gasteiger partial charge in [-0.2, -0.15) is 16.5 Å². The molecule has 1 N–H and O–H groups in total. The first-order valence-corrected chi connectivity index (χ1v) is 17.2. The molecule has 2 atom stereocenters. The zero-order valence-corrected chi connectivity index (χ0v) is 24.5. The molecule has 37 heavy (non-hydrogen) atoms. The summed E-state index contributed by atoms with van der Waals surface area (Å²) >= 11 is 10.5. The lowest BCUT2D eigenvalue weighted by atomic mass is 10.1. The molecule has 2 amide bonds. The lowest BCUT2D eigenvalue weighted by molar-refractivity contribution is -0.143. The Balaban J connectivity index is 1.19. The Morgan fingerprint density at radius 2 is 1.73 bits per heavy atom. The van der Waals surface area contributed by atoms with Crippen LogP contribution in [0.1, 0.15) is 25.7 Å². The third-order valence-electron chi connectivity index (χ3n) is 7.09. The summed E-state index contributed by atoms with van der Waals surface area (Å²) in [5, 5.41) is 0. The Bertz CT molecular complexity index is 1230. The van der Waals surface area contributed by atoms with Gasteiger partial charge in [0.25, 0.3) is 10.0 Å². The minimum absolute atomic E-state index is 0.00565. The number of nitrogens with one attached hydrogen (secondary N) is 1. The quantitative estimate of drug-likeness (QED) is 0.498. The van der Waals surface area contributed by atoms with Crippen molar-refractivity contribution in [3.8, 4) is 9.75 Å². The second kappa shape index (κ2) is 11.9. The van der Waals surface area contributed by atoms with Crippen LogP contribution in [-0.2, 0) is 19.6 Å². The van der Waals surface area contributed by atoms with Crippen LogP contribution in [0.4, 0.5) is 0 Å². The highest BCUT2D eigenvalue weighted by atomic mass is 35.5. The fourth-order valence-electron chi connectivity index (χ4n) is 5.19. The van der Waals surface area contributed by atoms with E-state index < -0.39 is 16.1 Å². The van der Waals surface area contributed by atoms with E-state index in [1.54, 1.807) is 18.2 Å². The lowest BCUT2D eigenvalue weighted by Gasteiger charge is -2.35. The van der Waals surface area contributed by atoms with E-state index in [2.05, 4.69) is 9.62 Å². The largest absolute Gasteiger partial charge is 0.337 e. The molecule has 8 nitrogen and oxygen atoms in total. The summed E-state index contributed by atoms with van der Waals surface area (Å²) in [7, 11) is -3.88.